The van der Waals surface area contributed by atoms with Gasteiger partial charge in [0.15, 0.2) is 0 Å². The van der Waals surface area contributed by atoms with E-state index in [9.17, 15) is 0 Å². The van der Waals surface area contributed by atoms with Crippen LogP contribution in [-0.4, -0.2) is 4.57 Å². The Kier molecular flexibility index (Phi) is 8.11. The summed E-state index contributed by atoms with van der Waals surface area (Å²) in [6.45, 7) is 0. The zero-order chi connectivity index (χ0) is 40.3. The minimum Gasteiger partial charge on any atom is -0.310 e. The van der Waals surface area contributed by atoms with Crippen molar-refractivity contribution in [3.63, 3.8) is 0 Å². The first-order valence-corrected chi connectivity index (χ1v) is 21.1. The smallest absolute Gasteiger partial charge is 0.0714 e. The number of rotatable bonds is 7. The third-order valence-electron chi connectivity index (χ3n) is 12.8. The van der Waals surface area contributed by atoms with Crippen molar-refractivity contribution in [3.8, 4) is 27.9 Å². The summed E-state index contributed by atoms with van der Waals surface area (Å²) in [5.74, 6) is 0. The fourth-order valence-electron chi connectivity index (χ4n) is 10.1. The van der Waals surface area contributed by atoms with Crippen molar-refractivity contribution in [2.45, 2.75) is 5.41 Å². The summed E-state index contributed by atoms with van der Waals surface area (Å²) in [5, 5.41) is 4.94. The van der Waals surface area contributed by atoms with Gasteiger partial charge in [0.05, 0.1) is 16.4 Å². The lowest BCUT2D eigenvalue weighted by molar-refractivity contribution is 0.769. The van der Waals surface area contributed by atoms with Gasteiger partial charge in [-0.2, -0.15) is 0 Å². The van der Waals surface area contributed by atoms with E-state index in [4.69, 9.17) is 0 Å². The average Bonchev–Trinajstić information content (AvgIpc) is 3.81. The summed E-state index contributed by atoms with van der Waals surface area (Å²) in [5.41, 5.74) is 16.3. The minimum atomic E-state index is -0.546. The summed E-state index contributed by atoms with van der Waals surface area (Å²) in [7, 11) is 0. The number of hydrogen-bond acceptors (Lipinski definition) is 1. The van der Waals surface area contributed by atoms with Gasteiger partial charge in [-0.1, -0.05) is 176 Å². The lowest BCUT2D eigenvalue weighted by Gasteiger charge is -2.35. The maximum atomic E-state index is 2.47. The predicted molar refractivity (Wildman–Crippen MR) is 256 cm³/mol. The molecule has 1 aliphatic rings. The number of anilines is 3. The molecule has 0 amide bonds. The summed E-state index contributed by atoms with van der Waals surface area (Å²) in [6, 6.07) is 89.2. The zero-order valence-electron chi connectivity index (χ0n) is 33.5. The Bertz CT molecular complexity index is 3350. The second-order valence-corrected chi connectivity index (χ2v) is 16.1. The molecule has 12 rings (SSSR count). The minimum absolute atomic E-state index is 0.546. The highest BCUT2D eigenvalue weighted by atomic mass is 15.1. The fourth-order valence-corrected chi connectivity index (χ4v) is 10.1. The van der Waals surface area contributed by atoms with E-state index in [-0.39, 0.29) is 0 Å². The van der Waals surface area contributed by atoms with Crippen molar-refractivity contribution in [3.05, 3.63) is 265 Å². The third kappa shape index (κ3) is 5.50. The van der Waals surface area contributed by atoms with Crippen molar-refractivity contribution in [2.75, 3.05) is 4.90 Å². The summed E-state index contributed by atoms with van der Waals surface area (Å²) in [4.78, 5) is 2.43. The monoisotopic (exact) mass is 776 g/mol. The largest absolute Gasteiger partial charge is 0.310 e. The van der Waals surface area contributed by atoms with E-state index in [2.05, 4.69) is 252 Å². The van der Waals surface area contributed by atoms with E-state index >= 15 is 0 Å². The topological polar surface area (TPSA) is 8.17 Å². The second-order valence-electron chi connectivity index (χ2n) is 16.1. The quantitative estimate of drug-likeness (QED) is 0.156. The molecule has 0 saturated heterocycles. The average molecular weight is 777 g/mol. The molecule has 0 bridgehead atoms. The van der Waals surface area contributed by atoms with Crippen molar-refractivity contribution in [1.82, 2.24) is 4.57 Å². The number of para-hydroxylation sites is 2. The lowest BCUT2D eigenvalue weighted by atomic mass is 9.67. The standard InChI is InChI=1S/C59H40N2/c1-6-18-41(19-7-1)44-30-33-52-53-35-32-50(40-58(53)61(57(52)38-44)48-28-14-5-15-29-48)60(47-26-12-4-13-27-47)49-31-34-51-54-36-42-20-16-17-21-43(42)37-55(54)59(56(51)39-49,45-22-8-2-9-23-45)46-24-10-3-11-25-46/h1-40H. The third-order valence-corrected chi connectivity index (χ3v) is 12.8. The van der Waals surface area contributed by atoms with Gasteiger partial charge in [-0.25, -0.2) is 0 Å². The van der Waals surface area contributed by atoms with Gasteiger partial charge in [-0.15, -0.1) is 0 Å². The van der Waals surface area contributed by atoms with E-state index in [0.29, 0.717) is 0 Å². The van der Waals surface area contributed by atoms with Gasteiger partial charge >= 0.3 is 0 Å². The van der Waals surface area contributed by atoms with Crippen molar-refractivity contribution in [2.24, 2.45) is 0 Å². The first-order chi connectivity index (χ1) is 30.3. The van der Waals surface area contributed by atoms with Gasteiger partial charge in [0.1, 0.15) is 0 Å². The second kappa shape index (κ2) is 14.1. The molecule has 0 saturated carbocycles. The summed E-state index contributed by atoms with van der Waals surface area (Å²) < 4.78 is 2.43. The molecule has 10 aromatic carbocycles. The maximum Gasteiger partial charge on any atom is 0.0714 e. The van der Waals surface area contributed by atoms with Crippen molar-refractivity contribution >= 4 is 49.6 Å². The molecule has 0 radical (unpaired) electrons. The highest BCUT2D eigenvalue weighted by molar-refractivity contribution is 6.11. The first-order valence-electron chi connectivity index (χ1n) is 21.1. The molecule has 0 unspecified atom stereocenters. The van der Waals surface area contributed by atoms with Crippen molar-refractivity contribution in [1.29, 1.82) is 0 Å². The van der Waals surface area contributed by atoms with Crippen LogP contribution < -0.4 is 4.90 Å². The van der Waals surface area contributed by atoms with Gasteiger partial charge < -0.3 is 9.47 Å². The number of hydrogen-bond donors (Lipinski definition) is 0. The molecule has 11 aromatic rings. The number of benzene rings is 10. The Morgan fingerprint density at radius 1 is 0.328 bits per heavy atom. The summed E-state index contributed by atoms with van der Waals surface area (Å²) >= 11 is 0. The van der Waals surface area contributed by atoms with Crippen LogP contribution in [0.3, 0.4) is 0 Å². The molecular formula is C59H40N2. The van der Waals surface area contributed by atoms with Gasteiger partial charge in [0.2, 0.25) is 0 Å². The van der Waals surface area contributed by atoms with Gasteiger partial charge in [0, 0.05) is 33.5 Å². The van der Waals surface area contributed by atoms with Crippen LogP contribution in [0.2, 0.25) is 0 Å². The Balaban J connectivity index is 1.12. The predicted octanol–water partition coefficient (Wildman–Crippen LogP) is 15.4. The molecule has 1 heterocycles. The number of nitrogens with zero attached hydrogens (tertiary/aromatic N) is 2. The Labute approximate surface area is 355 Å². The highest BCUT2D eigenvalue weighted by Gasteiger charge is 2.46. The molecule has 0 atom stereocenters. The molecule has 61 heavy (non-hydrogen) atoms. The molecule has 1 aromatic heterocycles. The molecule has 0 spiro atoms. The summed E-state index contributed by atoms with van der Waals surface area (Å²) in [6.07, 6.45) is 0. The molecule has 0 aliphatic heterocycles. The molecule has 1 aliphatic carbocycles. The lowest BCUT2D eigenvalue weighted by Crippen LogP contribution is -2.28. The van der Waals surface area contributed by atoms with E-state index in [1.165, 1.54) is 71.6 Å². The Morgan fingerprint density at radius 2 is 0.836 bits per heavy atom. The van der Waals surface area contributed by atoms with Gasteiger partial charge in [-0.05, 0) is 122 Å². The van der Waals surface area contributed by atoms with Gasteiger partial charge in [-0.3, -0.25) is 0 Å². The molecule has 0 N–H and O–H groups in total. The SMILES string of the molecule is c1ccc(-c2ccc3c4ccc(N(c5ccccc5)c5ccc6c(c5)C(c5ccccc5)(c5ccccc5)c5cc7ccccc7cc5-6)cc4n(-c4ccccc4)c3c2)cc1. The van der Waals surface area contributed by atoms with Crippen LogP contribution in [0.5, 0.6) is 0 Å². The van der Waals surface area contributed by atoms with Crippen LogP contribution in [-0.2, 0) is 5.41 Å². The molecule has 2 nitrogen and oxygen atoms in total. The number of fused-ring (bicyclic) bond motifs is 7. The highest BCUT2D eigenvalue weighted by Crippen LogP contribution is 2.58. The fraction of sp³-hybridized carbons (Fsp3) is 0.0169. The van der Waals surface area contributed by atoms with Crippen LogP contribution in [0.4, 0.5) is 17.1 Å². The molecule has 0 fully saturated rings. The van der Waals surface area contributed by atoms with Crippen LogP contribution >= 0.6 is 0 Å². The first kappa shape index (κ1) is 35.0. The van der Waals surface area contributed by atoms with E-state index in [1.54, 1.807) is 0 Å². The Hall–Kier alpha value is -7.94. The van der Waals surface area contributed by atoms with E-state index < -0.39 is 5.41 Å². The molecule has 286 valence electrons. The normalized spacial score (nSPS) is 12.7. The zero-order valence-corrected chi connectivity index (χ0v) is 33.5. The van der Waals surface area contributed by atoms with Crippen molar-refractivity contribution < 1.29 is 0 Å². The molecular weight excluding hydrogens is 737 g/mol. The van der Waals surface area contributed by atoms with Gasteiger partial charge in [0.25, 0.3) is 0 Å². The number of aromatic nitrogens is 1. The molecule has 2 heteroatoms. The van der Waals surface area contributed by atoms with E-state index in [1.807, 2.05) is 0 Å². The van der Waals surface area contributed by atoms with E-state index in [0.717, 1.165) is 28.3 Å². The Morgan fingerprint density at radius 3 is 1.51 bits per heavy atom. The van der Waals surface area contributed by atoms with Crippen LogP contribution in [0.15, 0.2) is 243 Å². The van der Waals surface area contributed by atoms with Crippen LogP contribution in [0, 0.1) is 0 Å². The maximum absolute atomic E-state index is 2.47. The van der Waals surface area contributed by atoms with Crippen LogP contribution in [0.1, 0.15) is 22.3 Å². The van der Waals surface area contributed by atoms with Crippen LogP contribution in [0.25, 0.3) is 60.5 Å².